The molecule has 1 aliphatic rings. The zero-order valence-corrected chi connectivity index (χ0v) is 13.0. The van der Waals surface area contributed by atoms with Crippen LogP contribution in [0, 0.1) is 0 Å². The van der Waals surface area contributed by atoms with Crippen molar-refractivity contribution in [3.05, 3.63) is 34.9 Å². The van der Waals surface area contributed by atoms with Gasteiger partial charge in [-0.3, -0.25) is 0 Å². The zero-order valence-electron chi connectivity index (χ0n) is 11.4. The highest BCUT2D eigenvalue weighted by molar-refractivity contribution is 7.89. The van der Waals surface area contributed by atoms with Gasteiger partial charge in [-0.1, -0.05) is 29.8 Å². The van der Waals surface area contributed by atoms with E-state index in [1.54, 1.807) is 6.07 Å². The predicted molar refractivity (Wildman–Crippen MR) is 79.4 cm³/mol. The van der Waals surface area contributed by atoms with E-state index in [1.165, 1.54) is 11.4 Å². The molecular weight excluding hydrogens is 300 g/mol. The molecule has 5 nitrogen and oxygen atoms in total. The molecule has 1 saturated heterocycles. The predicted octanol–water partition coefficient (Wildman–Crippen LogP) is 1.26. The number of piperazine rings is 1. The summed E-state index contributed by atoms with van der Waals surface area (Å²) < 4.78 is 31.2. The summed E-state index contributed by atoms with van der Waals surface area (Å²) in [5.41, 5.74) is 0.836. The molecule has 1 atom stereocenters. The Kier molecular flexibility index (Phi) is 5.40. The first-order valence-electron chi connectivity index (χ1n) is 6.50. The van der Waals surface area contributed by atoms with Gasteiger partial charge in [-0.05, 0) is 11.6 Å². The van der Waals surface area contributed by atoms with E-state index < -0.39 is 10.0 Å². The number of nitrogens with one attached hydrogen (secondary N) is 1. The van der Waals surface area contributed by atoms with Gasteiger partial charge in [0, 0.05) is 31.8 Å². The number of nitrogens with zero attached hydrogens (tertiary/aromatic N) is 1. The van der Waals surface area contributed by atoms with E-state index in [-0.39, 0.29) is 18.4 Å². The van der Waals surface area contributed by atoms with Crippen LogP contribution < -0.4 is 5.32 Å². The Morgan fingerprint density at radius 2 is 2.20 bits per heavy atom. The van der Waals surface area contributed by atoms with Gasteiger partial charge >= 0.3 is 0 Å². The number of hydrogen-bond acceptors (Lipinski definition) is 4. The number of benzene rings is 1. The summed E-state index contributed by atoms with van der Waals surface area (Å²) in [6.07, 6.45) is 0. The summed E-state index contributed by atoms with van der Waals surface area (Å²) in [6.45, 7) is 1.85. The normalized spacial score (nSPS) is 21.0. The van der Waals surface area contributed by atoms with Crippen LogP contribution in [0.4, 0.5) is 0 Å². The molecule has 1 heterocycles. The summed E-state index contributed by atoms with van der Waals surface area (Å²) in [7, 11) is -1.85. The summed E-state index contributed by atoms with van der Waals surface area (Å²) in [6, 6.07) is 7.10. The third-order valence-corrected chi connectivity index (χ3v) is 5.54. The fourth-order valence-corrected chi connectivity index (χ4v) is 4.15. The van der Waals surface area contributed by atoms with E-state index in [9.17, 15) is 8.42 Å². The van der Waals surface area contributed by atoms with Crippen LogP contribution in [0.3, 0.4) is 0 Å². The lowest BCUT2D eigenvalue weighted by Gasteiger charge is -2.35. The SMILES string of the molecule is COCCS(=O)(=O)N1CCNCC1c1ccccc1Cl. The highest BCUT2D eigenvalue weighted by atomic mass is 35.5. The molecule has 1 aromatic rings. The molecule has 1 unspecified atom stereocenters. The molecule has 1 fully saturated rings. The first kappa shape index (κ1) is 15.7. The maximum Gasteiger partial charge on any atom is 0.217 e. The van der Waals surface area contributed by atoms with Gasteiger partial charge < -0.3 is 10.1 Å². The molecule has 0 radical (unpaired) electrons. The van der Waals surface area contributed by atoms with Crippen LogP contribution in [0.25, 0.3) is 0 Å². The maximum atomic E-state index is 12.4. The van der Waals surface area contributed by atoms with Crippen LogP contribution >= 0.6 is 11.6 Å². The number of halogens is 1. The Morgan fingerprint density at radius 1 is 1.45 bits per heavy atom. The van der Waals surface area contributed by atoms with Crippen LogP contribution in [-0.4, -0.2) is 51.8 Å². The zero-order chi connectivity index (χ0) is 14.6. The molecule has 0 aliphatic carbocycles. The average molecular weight is 319 g/mol. The maximum absolute atomic E-state index is 12.4. The van der Waals surface area contributed by atoms with E-state index in [0.717, 1.165) is 5.56 Å². The smallest absolute Gasteiger partial charge is 0.217 e. The van der Waals surface area contributed by atoms with Crippen molar-refractivity contribution in [2.75, 3.05) is 39.1 Å². The third kappa shape index (κ3) is 3.51. The van der Waals surface area contributed by atoms with Gasteiger partial charge in [0.05, 0.1) is 18.4 Å². The van der Waals surface area contributed by atoms with Crippen LogP contribution in [0.1, 0.15) is 11.6 Å². The van der Waals surface area contributed by atoms with Crippen molar-refractivity contribution in [1.82, 2.24) is 9.62 Å². The Labute approximate surface area is 124 Å². The van der Waals surface area contributed by atoms with Gasteiger partial charge in [-0.15, -0.1) is 0 Å². The van der Waals surface area contributed by atoms with Gasteiger partial charge in [-0.25, -0.2) is 8.42 Å². The lowest BCUT2D eigenvalue weighted by molar-refractivity contribution is 0.212. The lowest BCUT2D eigenvalue weighted by Crippen LogP contribution is -2.49. The first-order valence-corrected chi connectivity index (χ1v) is 8.48. The Hall–Kier alpha value is -0.660. The molecule has 0 spiro atoms. The third-order valence-electron chi connectivity index (χ3n) is 3.36. The largest absolute Gasteiger partial charge is 0.384 e. The minimum absolute atomic E-state index is 0.00947. The van der Waals surface area contributed by atoms with Crippen LogP contribution in [0.2, 0.25) is 5.02 Å². The molecule has 112 valence electrons. The second-order valence-corrected chi connectivity index (χ2v) is 7.11. The number of sulfonamides is 1. The van der Waals surface area contributed by atoms with Crippen molar-refractivity contribution in [3.63, 3.8) is 0 Å². The minimum Gasteiger partial charge on any atom is -0.384 e. The van der Waals surface area contributed by atoms with Gasteiger partial charge in [0.25, 0.3) is 0 Å². The van der Waals surface area contributed by atoms with E-state index >= 15 is 0 Å². The molecular formula is C13H19ClN2O3S. The summed E-state index contributed by atoms with van der Waals surface area (Å²) in [5.74, 6) is -0.00947. The van der Waals surface area contributed by atoms with Gasteiger partial charge in [0.15, 0.2) is 0 Å². The van der Waals surface area contributed by atoms with Gasteiger partial charge in [-0.2, -0.15) is 4.31 Å². The van der Waals surface area contributed by atoms with Gasteiger partial charge in [0.2, 0.25) is 10.0 Å². The molecule has 0 saturated carbocycles. The number of rotatable bonds is 5. The molecule has 0 amide bonds. The first-order chi connectivity index (χ1) is 9.56. The number of methoxy groups -OCH3 is 1. The van der Waals surface area contributed by atoms with Crippen molar-refractivity contribution < 1.29 is 13.2 Å². The summed E-state index contributed by atoms with van der Waals surface area (Å²) in [5, 5.41) is 3.81. The Morgan fingerprint density at radius 3 is 2.90 bits per heavy atom. The van der Waals surface area contributed by atoms with Gasteiger partial charge in [0.1, 0.15) is 0 Å². The highest BCUT2D eigenvalue weighted by Crippen LogP contribution is 2.30. The van der Waals surface area contributed by atoms with Crippen molar-refractivity contribution in [2.24, 2.45) is 0 Å². The lowest BCUT2D eigenvalue weighted by atomic mass is 10.1. The number of hydrogen-bond donors (Lipinski definition) is 1. The molecule has 0 aromatic heterocycles. The minimum atomic E-state index is -3.35. The van der Waals surface area contributed by atoms with Crippen LogP contribution in [-0.2, 0) is 14.8 Å². The molecule has 1 aliphatic heterocycles. The Balaban J connectivity index is 2.28. The second kappa shape index (κ2) is 6.87. The monoisotopic (exact) mass is 318 g/mol. The molecule has 20 heavy (non-hydrogen) atoms. The number of ether oxygens (including phenoxy) is 1. The summed E-state index contributed by atoms with van der Waals surface area (Å²) in [4.78, 5) is 0. The topological polar surface area (TPSA) is 58.6 Å². The fourth-order valence-electron chi connectivity index (χ4n) is 2.33. The van der Waals surface area contributed by atoms with Crippen molar-refractivity contribution >= 4 is 21.6 Å². The molecule has 1 aromatic carbocycles. The molecule has 0 bridgehead atoms. The van der Waals surface area contributed by atoms with E-state index in [0.29, 0.717) is 24.7 Å². The average Bonchev–Trinajstić information content (AvgIpc) is 2.46. The quantitative estimate of drug-likeness (QED) is 0.888. The summed E-state index contributed by atoms with van der Waals surface area (Å²) >= 11 is 6.20. The van der Waals surface area contributed by atoms with E-state index in [2.05, 4.69) is 5.32 Å². The molecule has 7 heteroatoms. The van der Waals surface area contributed by atoms with Crippen molar-refractivity contribution in [3.8, 4) is 0 Å². The standard InChI is InChI=1S/C13H19ClN2O3S/c1-19-8-9-20(17,18)16-7-6-15-10-13(16)11-4-2-3-5-12(11)14/h2-5,13,15H,6-10H2,1H3. The fraction of sp³-hybridized carbons (Fsp3) is 0.538. The Bertz CT molecular complexity index is 550. The highest BCUT2D eigenvalue weighted by Gasteiger charge is 2.33. The van der Waals surface area contributed by atoms with Crippen molar-refractivity contribution in [1.29, 1.82) is 0 Å². The van der Waals surface area contributed by atoms with Crippen molar-refractivity contribution in [2.45, 2.75) is 6.04 Å². The second-order valence-electron chi connectivity index (χ2n) is 4.66. The van der Waals surface area contributed by atoms with Crippen LogP contribution in [0.15, 0.2) is 24.3 Å². The van der Waals surface area contributed by atoms with E-state index in [4.69, 9.17) is 16.3 Å². The molecule has 2 rings (SSSR count). The van der Waals surface area contributed by atoms with Crippen LogP contribution in [0.5, 0.6) is 0 Å². The molecule has 1 N–H and O–H groups in total. The van der Waals surface area contributed by atoms with E-state index in [1.807, 2.05) is 18.2 Å².